The number of nitrogens with two attached hydrogens (primary N) is 1. The molecule has 1 aromatic carbocycles. The fraction of sp³-hybridized carbons (Fsp3) is 0.250. The lowest BCUT2D eigenvalue weighted by Crippen LogP contribution is -2.03. The summed E-state index contributed by atoms with van der Waals surface area (Å²) in [6, 6.07) is 5.89. The number of aromatic nitrogens is 1. The van der Waals surface area contributed by atoms with Crippen LogP contribution in [-0.2, 0) is 0 Å². The molecule has 0 saturated heterocycles. The van der Waals surface area contributed by atoms with Crippen molar-refractivity contribution >= 4 is 27.3 Å². The second-order valence-electron chi connectivity index (χ2n) is 3.71. The van der Waals surface area contributed by atoms with Crippen LogP contribution < -0.4 is 10.5 Å². The van der Waals surface area contributed by atoms with E-state index in [-0.39, 0.29) is 6.04 Å². The van der Waals surface area contributed by atoms with E-state index in [0.717, 1.165) is 26.5 Å². The number of ether oxygens (including phenoxy) is 1. The highest BCUT2D eigenvalue weighted by atomic mass is 79.9. The zero-order valence-electron chi connectivity index (χ0n) is 9.61. The number of nitrogens with zero attached hydrogens (tertiary/aromatic N) is 1. The van der Waals surface area contributed by atoms with Crippen molar-refractivity contribution in [2.24, 2.45) is 5.73 Å². The Bertz CT molecular complexity index is 525. The molecule has 90 valence electrons. The third-order valence-electron chi connectivity index (χ3n) is 2.36. The zero-order valence-corrected chi connectivity index (χ0v) is 12.0. The van der Waals surface area contributed by atoms with Crippen molar-refractivity contribution in [2.45, 2.75) is 13.0 Å². The molecule has 0 aliphatic heterocycles. The Morgan fingerprint density at radius 1 is 1.47 bits per heavy atom. The van der Waals surface area contributed by atoms with Crippen LogP contribution in [0.2, 0.25) is 0 Å². The Labute approximate surface area is 113 Å². The van der Waals surface area contributed by atoms with Gasteiger partial charge in [-0.1, -0.05) is 0 Å². The number of halogens is 1. The van der Waals surface area contributed by atoms with E-state index in [4.69, 9.17) is 10.5 Å². The van der Waals surface area contributed by atoms with Crippen LogP contribution in [0.4, 0.5) is 0 Å². The molecular formula is C12H13BrN2OS. The summed E-state index contributed by atoms with van der Waals surface area (Å²) in [7, 11) is 1.65. The molecule has 3 nitrogen and oxygen atoms in total. The van der Waals surface area contributed by atoms with E-state index in [0.29, 0.717) is 0 Å². The Hall–Kier alpha value is -0.910. The summed E-state index contributed by atoms with van der Waals surface area (Å²) in [4.78, 5) is 4.51. The van der Waals surface area contributed by atoms with E-state index in [1.54, 1.807) is 18.4 Å². The zero-order chi connectivity index (χ0) is 12.4. The number of methoxy groups -OCH3 is 1. The maximum absolute atomic E-state index is 5.80. The molecule has 1 atom stereocenters. The summed E-state index contributed by atoms with van der Waals surface area (Å²) in [5, 5.41) is 2.97. The minimum atomic E-state index is -0.0181. The Kier molecular flexibility index (Phi) is 3.81. The average molecular weight is 313 g/mol. The van der Waals surface area contributed by atoms with Gasteiger partial charge in [0, 0.05) is 10.9 Å². The van der Waals surface area contributed by atoms with Gasteiger partial charge in [0.2, 0.25) is 0 Å². The van der Waals surface area contributed by atoms with E-state index in [1.807, 2.05) is 30.5 Å². The Balaban J connectivity index is 2.36. The second-order valence-corrected chi connectivity index (χ2v) is 5.45. The van der Waals surface area contributed by atoms with Gasteiger partial charge in [0.05, 0.1) is 23.3 Å². The smallest absolute Gasteiger partial charge is 0.133 e. The molecule has 1 heterocycles. The predicted octanol–water partition coefficient (Wildman–Crippen LogP) is 3.60. The molecule has 1 aromatic heterocycles. The van der Waals surface area contributed by atoms with Gasteiger partial charge in [-0.05, 0) is 41.1 Å². The van der Waals surface area contributed by atoms with Crippen molar-refractivity contribution in [1.29, 1.82) is 0 Å². The molecule has 5 heteroatoms. The third kappa shape index (κ3) is 2.68. The van der Waals surface area contributed by atoms with Gasteiger partial charge >= 0.3 is 0 Å². The van der Waals surface area contributed by atoms with Crippen LogP contribution in [0, 0.1) is 0 Å². The lowest BCUT2D eigenvalue weighted by atomic mass is 10.2. The molecular weight excluding hydrogens is 300 g/mol. The maximum atomic E-state index is 5.80. The summed E-state index contributed by atoms with van der Waals surface area (Å²) < 4.78 is 6.12. The molecule has 0 fully saturated rings. The number of rotatable bonds is 3. The molecule has 17 heavy (non-hydrogen) atoms. The predicted molar refractivity (Wildman–Crippen MR) is 74.4 cm³/mol. The first-order chi connectivity index (χ1) is 8.11. The summed E-state index contributed by atoms with van der Waals surface area (Å²) in [5.41, 5.74) is 7.81. The van der Waals surface area contributed by atoms with Gasteiger partial charge in [0.15, 0.2) is 0 Å². The van der Waals surface area contributed by atoms with Crippen molar-refractivity contribution in [3.05, 3.63) is 33.1 Å². The maximum Gasteiger partial charge on any atom is 0.133 e. The van der Waals surface area contributed by atoms with Crippen molar-refractivity contribution in [3.8, 4) is 17.0 Å². The summed E-state index contributed by atoms with van der Waals surface area (Å²) >= 11 is 5.05. The standard InChI is InChI=1S/C12H13BrN2OS/c1-7(14)12-15-10(6-17-12)8-3-4-11(16-2)9(13)5-8/h3-7H,14H2,1-2H3. The molecule has 2 rings (SSSR count). The van der Waals surface area contributed by atoms with Crippen LogP contribution in [0.3, 0.4) is 0 Å². The number of thiazole rings is 1. The first kappa shape index (κ1) is 12.5. The average Bonchev–Trinajstić information content (AvgIpc) is 2.78. The van der Waals surface area contributed by atoms with Crippen molar-refractivity contribution < 1.29 is 4.74 Å². The van der Waals surface area contributed by atoms with E-state index in [2.05, 4.69) is 20.9 Å². The molecule has 2 aromatic rings. The second kappa shape index (κ2) is 5.16. The minimum Gasteiger partial charge on any atom is -0.496 e. The summed E-state index contributed by atoms with van der Waals surface area (Å²) in [5.74, 6) is 0.816. The molecule has 0 aliphatic carbocycles. The first-order valence-corrected chi connectivity index (χ1v) is 6.84. The van der Waals surface area contributed by atoms with Crippen molar-refractivity contribution in [1.82, 2.24) is 4.98 Å². The SMILES string of the molecule is COc1ccc(-c2csc(C(C)N)n2)cc1Br. The molecule has 0 bridgehead atoms. The van der Waals surface area contributed by atoms with Crippen LogP contribution in [0.25, 0.3) is 11.3 Å². The lowest BCUT2D eigenvalue weighted by molar-refractivity contribution is 0.412. The van der Waals surface area contributed by atoms with Crippen LogP contribution in [0.15, 0.2) is 28.1 Å². The van der Waals surface area contributed by atoms with Crippen LogP contribution in [0.5, 0.6) is 5.75 Å². The normalized spacial score (nSPS) is 12.5. The highest BCUT2D eigenvalue weighted by Gasteiger charge is 2.09. The van der Waals surface area contributed by atoms with Gasteiger partial charge < -0.3 is 10.5 Å². The van der Waals surface area contributed by atoms with Gasteiger partial charge in [0.25, 0.3) is 0 Å². The van der Waals surface area contributed by atoms with E-state index in [1.165, 1.54) is 0 Å². The lowest BCUT2D eigenvalue weighted by Gasteiger charge is -2.04. The molecule has 0 radical (unpaired) electrons. The molecule has 0 spiro atoms. The minimum absolute atomic E-state index is 0.0181. The molecule has 0 saturated carbocycles. The fourth-order valence-corrected chi connectivity index (χ4v) is 2.78. The van der Waals surface area contributed by atoms with E-state index < -0.39 is 0 Å². The molecule has 0 aliphatic rings. The van der Waals surface area contributed by atoms with Gasteiger partial charge in [-0.15, -0.1) is 11.3 Å². The fourth-order valence-electron chi connectivity index (χ4n) is 1.46. The number of hydrogen-bond acceptors (Lipinski definition) is 4. The molecule has 0 amide bonds. The van der Waals surface area contributed by atoms with Crippen LogP contribution >= 0.6 is 27.3 Å². The largest absolute Gasteiger partial charge is 0.496 e. The van der Waals surface area contributed by atoms with E-state index >= 15 is 0 Å². The van der Waals surface area contributed by atoms with Gasteiger partial charge in [-0.3, -0.25) is 0 Å². The third-order valence-corrected chi connectivity index (χ3v) is 4.02. The van der Waals surface area contributed by atoms with E-state index in [9.17, 15) is 0 Å². The van der Waals surface area contributed by atoms with Gasteiger partial charge in [0.1, 0.15) is 10.8 Å². The highest BCUT2D eigenvalue weighted by molar-refractivity contribution is 9.10. The number of benzene rings is 1. The van der Waals surface area contributed by atoms with Crippen molar-refractivity contribution in [2.75, 3.05) is 7.11 Å². The summed E-state index contributed by atoms with van der Waals surface area (Å²) in [6.07, 6.45) is 0. The van der Waals surface area contributed by atoms with Gasteiger partial charge in [-0.25, -0.2) is 4.98 Å². The van der Waals surface area contributed by atoms with Crippen LogP contribution in [0.1, 0.15) is 18.0 Å². The Morgan fingerprint density at radius 2 is 2.24 bits per heavy atom. The van der Waals surface area contributed by atoms with Crippen LogP contribution in [-0.4, -0.2) is 12.1 Å². The molecule has 1 unspecified atom stereocenters. The molecule has 2 N–H and O–H groups in total. The number of hydrogen-bond donors (Lipinski definition) is 1. The monoisotopic (exact) mass is 312 g/mol. The van der Waals surface area contributed by atoms with Crippen molar-refractivity contribution in [3.63, 3.8) is 0 Å². The Morgan fingerprint density at radius 3 is 2.76 bits per heavy atom. The highest BCUT2D eigenvalue weighted by Crippen LogP contribution is 2.31. The summed E-state index contributed by atoms with van der Waals surface area (Å²) in [6.45, 7) is 1.94. The first-order valence-electron chi connectivity index (χ1n) is 5.16. The quantitative estimate of drug-likeness (QED) is 0.942. The van der Waals surface area contributed by atoms with Gasteiger partial charge in [-0.2, -0.15) is 0 Å². The topological polar surface area (TPSA) is 48.1 Å².